The molecule has 1 saturated heterocycles. The van der Waals surface area contributed by atoms with Crippen LogP contribution < -0.4 is 10.1 Å². The van der Waals surface area contributed by atoms with Gasteiger partial charge in [0.2, 0.25) is 0 Å². The number of nitrogens with zero attached hydrogens (tertiary/aromatic N) is 1. The molecule has 0 bridgehead atoms. The highest BCUT2D eigenvalue weighted by atomic mass is 35.5. The van der Waals surface area contributed by atoms with Gasteiger partial charge in [0.05, 0.1) is 7.11 Å². The van der Waals surface area contributed by atoms with Gasteiger partial charge in [-0.15, -0.1) is 12.4 Å². The molecule has 2 fully saturated rings. The number of methoxy groups -OCH3 is 1. The normalized spacial score (nSPS) is 21.5. The van der Waals surface area contributed by atoms with Gasteiger partial charge in [-0.25, -0.2) is 4.39 Å². The Kier molecular flexibility index (Phi) is 7.12. The van der Waals surface area contributed by atoms with E-state index in [0.717, 1.165) is 37.5 Å². The molecule has 1 N–H and O–H groups in total. The molecule has 130 valence electrons. The van der Waals surface area contributed by atoms with Crippen molar-refractivity contribution in [2.75, 3.05) is 33.3 Å². The smallest absolute Gasteiger partial charge is 0.128 e. The molecule has 3 rings (SSSR count). The van der Waals surface area contributed by atoms with E-state index in [1.807, 2.05) is 6.07 Å². The predicted octanol–water partition coefficient (Wildman–Crippen LogP) is 3.78. The molecule has 0 spiro atoms. The molecule has 0 radical (unpaired) electrons. The van der Waals surface area contributed by atoms with Crippen LogP contribution in [0.2, 0.25) is 0 Å². The van der Waals surface area contributed by atoms with Crippen LogP contribution >= 0.6 is 12.4 Å². The van der Waals surface area contributed by atoms with E-state index in [4.69, 9.17) is 4.74 Å². The Morgan fingerprint density at radius 2 is 1.87 bits per heavy atom. The first kappa shape index (κ1) is 18.5. The minimum absolute atomic E-state index is 0. The molecule has 3 nitrogen and oxygen atoms in total. The Labute approximate surface area is 145 Å². The molecule has 23 heavy (non-hydrogen) atoms. The lowest BCUT2D eigenvalue weighted by atomic mass is 9.80. The van der Waals surface area contributed by atoms with Crippen molar-refractivity contribution in [1.82, 2.24) is 10.2 Å². The number of nitrogens with one attached hydrogen (secondary N) is 1. The van der Waals surface area contributed by atoms with Crippen LogP contribution in [0.15, 0.2) is 18.2 Å². The Hall–Kier alpha value is -0.840. The third kappa shape index (κ3) is 4.37. The Morgan fingerprint density at radius 1 is 1.17 bits per heavy atom. The van der Waals surface area contributed by atoms with Gasteiger partial charge in [-0.2, -0.15) is 0 Å². The van der Waals surface area contributed by atoms with Gasteiger partial charge in [-0.3, -0.25) is 4.90 Å². The van der Waals surface area contributed by atoms with Gasteiger partial charge in [0.15, 0.2) is 0 Å². The Morgan fingerprint density at radius 3 is 2.52 bits per heavy atom. The van der Waals surface area contributed by atoms with E-state index in [9.17, 15) is 4.39 Å². The van der Waals surface area contributed by atoms with Crippen molar-refractivity contribution < 1.29 is 9.13 Å². The summed E-state index contributed by atoms with van der Waals surface area (Å²) in [6, 6.07) is 5.38. The first-order valence-corrected chi connectivity index (χ1v) is 8.58. The number of ether oxygens (including phenoxy) is 1. The summed E-state index contributed by atoms with van der Waals surface area (Å²) in [5, 5.41) is 3.40. The van der Waals surface area contributed by atoms with Crippen LogP contribution in [0.1, 0.15) is 43.7 Å². The van der Waals surface area contributed by atoms with Crippen molar-refractivity contribution >= 4 is 12.4 Å². The summed E-state index contributed by atoms with van der Waals surface area (Å²) in [4.78, 5) is 2.48. The Balaban J connectivity index is 0.00000192. The van der Waals surface area contributed by atoms with E-state index < -0.39 is 0 Å². The van der Waals surface area contributed by atoms with Crippen molar-refractivity contribution in [2.24, 2.45) is 5.92 Å². The van der Waals surface area contributed by atoms with Gasteiger partial charge >= 0.3 is 0 Å². The number of hydrogen-bond donors (Lipinski definition) is 1. The minimum Gasteiger partial charge on any atom is -0.497 e. The highest BCUT2D eigenvalue weighted by molar-refractivity contribution is 5.85. The molecule has 1 heterocycles. The van der Waals surface area contributed by atoms with Crippen LogP contribution in [0.3, 0.4) is 0 Å². The fourth-order valence-electron chi connectivity index (χ4n) is 4.03. The minimum atomic E-state index is -0.0880. The van der Waals surface area contributed by atoms with Crippen molar-refractivity contribution in [2.45, 2.75) is 38.1 Å². The van der Waals surface area contributed by atoms with Crippen LogP contribution in [0.4, 0.5) is 4.39 Å². The summed E-state index contributed by atoms with van der Waals surface area (Å²) in [6.07, 6.45) is 6.31. The highest BCUT2D eigenvalue weighted by Gasteiger charge is 2.32. The summed E-state index contributed by atoms with van der Waals surface area (Å²) in [7, 11) is 1.65. The molecule has 1 saturated carbocycles. The summed E-state index contributed by atoms with van der Waals surface area (Å²) >= 11 is 0. The molecule has 0 amide bonds. The van der Waals surface area contributed by atoms with Crippen LogP contribution in [0, 0.1) is 11.7 Å². The summed E-state index contributed by atoms with van der Waals surface area (Å²) in [5.41, 5.74) is 0.827. The second kappa shape index (κ2) is 8.86. The van der Waals surface area contributed by atoms with Crippen LogP contribution in [0.25, 0.3) is 0 Å². The third-order valence-electron chi connectivity index (χ3n) is 5.16. The molecule has 1 aromatic rings. The van der Waals surface area contributed by atoms with Crippen molar-refractivity contribution in [1.29, 1.82) is 0 Å². The maximum absolute atomic E-state index is 14.6. The highest BCUT2D eigenvalue weighted by Crippen LogP contribution is 2.40. The van der Waals surface area contributed by atoms with Crippen LogP contribution in [0.5, 0.6) is 5.75 Å². The number of piperazine rings is 1. The molecule has 1 aliphatic carbocycles. The maximum Gasteiger partial charge on any atom is 0.128 e. The molecule has 1 atom stereocenters. The lowest BCUT2D eigenvalue weighted by Gasteiger charge is -2.41. The zero-order valence-corrected chi connectivity index (χ0v) is 14.7. The molecule has 1 aliphatic heterocycles. The average molecular weight is 343 g/mol. The lowest BCUT2D eigenvalue weighted by Crippen LogP contribution is -2.47. The van der Waals surface area contributed by atoms with Gasteiger partial charge in [-0.05, 0) is 37.0 Å². The second-order valence-corrected chi connectivity index (χ2v) is 6.52. The maximum atomic E-state index is 14.6. The fourth-order valence-corrected chi connectivity index (χ4v) is 4.03. The first-order valence-electron chi connectivity index (χ1n) is 8.58. The van der Waals surface area contributed by atoms with E-state index in [2.05, 4.69) is 10.2 Å². The van der Waals surface area contributed by atoms with Gasteiger partial charge < -0.3 is 10.1 Å². The first-order chi connectivity index (χ1) is 10.8. The second-order valence-electron chi connectivity index (χ2n) is 6.52. The summed E-state index contributed by atoms with van der Waals surface area (Å²) < 4.78 is 19.9. The zero-order valence-electron chi connectivity index (χ0n) is 13.9. The van der Waals surface area contributed by atoms with Crippen molar-refractivity contribution in [3.63, 3.8) is 0 Å². The van der Waals surface area contributed by atoms with Crippen LogP contribution in [-0.2, 0) is 0 Å². The largest absolute Gasteiger partial charge is 0.497 e. The van der Waals surface area contributed by atoms with Gasteiger partial charge in [0.1, 0.15) is 11.6 Å². The standard InChI is InChI=1S/C18H27FN2O.ClH/c1-22-15-7-8-17(19)16(13-15)18(14-5-3-2-4-6-14)21-11-9-20-10-12-21;/h7-8,13-14,18,20H,2-6,9-12H2,1H3;1H/t18-;/m1./s1. The predicted molar refractivity (Wildman–Crippen MR) is 94.0 cm³/mol. The van der Waals surface area contributed by atoms with E-state index in [0.29, 0.717) is 5.92 Å². The third-order valence-corrected chi connectivity index (χ3v) is 5.16. The average Bonchev–Trinajstić information content (AvgIpc) is 2.59. The Bertz CT molecular complexity index is 470. The molecular formula is C18H28ClFN2O. The van der Waals surface area contributed by atoms with Gasteiger partial charge in [0, 0.05) is 37.8 Å². The van der Waals surface area contributed by atoms with E-state index in [1.54, 1.807) is 19.2 Å². The monoisotopic (exact) mass is 342 g/mol. The summed E-state index contributed by atoms with van der Waals surface area (Å²) in [6.45, 7) is 3.99. The molecule has 0 unspecified atom stereocenters. The molecule has 1 aromatic carbocycles. The fraction of sp³-hybridized carbons (Fsp3) is 0.667. The molecule has 2 aliphatic rings. The number of benzene rings is 1. The SMILES string of the molecule is COc1ccc(F)c([C@@H](C2CCCCC2)N2CCNCC2)c1.Cl. The van der Waals surface area contributed by atoms with Crippen LogP contribution in [-0.4, -0.2) is 38.2 Å². The lowest BCUT2D eigenvalue weighted by molar-refractivity contribution is 0.100. The number of rotatable bonds is 4. The number of hydrogen-bond acceptors (Lipinski definition) is 3. The zero-order chi connectivity index (χ0) is 15.4. The van der Waals surface area contributed by atoms with E-state index >= 15 is 0 Å². The molecule has 0 aromatic heterocycles. The van der Waals surface area contributed by atoms with Crippen molar-refractivity contribution in [3.8, 4) is 5.75 Å². The topological polar surface area (TPSA) is 24.5 Å². The van der Waals surface area contributed by atoms with Crippen molar-refractivity contribution in [3.05, 3.63) is 29.6 Å². The van der Waals surface area contributed by atoms with E-state index in [-0.39, 0.29) is 24.3 Å². The number of halogens is 2. The van der Waals surface area contributed by atoms with Gasteiger partial charge in [0.25, 0.3) is 0 Å². The quantitative estimate of drug-likeness (QED) is 0.901. The molecular weight excluding hydrogens is 315 g/mol. The van der Waals surface area contributed by atoms with E-state index in [1.165, 1.54) is 32.1 Å². The van der Waals surface area contributed by atoms with Gasteiger partial charge in [-0.1, -0.05) is 19.3 Å². The summed E-state index contributed by atoms with van der Waals surface area (Å²) in [5.74, 6) is 1.23. The molecule has 5 heteroatoms.